The highest BCUT2D eigenvalue weighted by Gasteiger charge is 1.90. The number of nitriles is 1. The van der Waals surface area contributed by atoms with E-state index >= 15 is 0 Å². The van der Waals surface area contributed by atoms with Gasteiger partial charge in [0.25, 0.3) is 0 Å². The molecule has 0 N–H and O–H groups in total. The minimum Gasteiger partial charge on any atom is -0.197 e. The summed E-state index contributed by atoms with van der Waals surface area (Å²) in [6.07, 6.45) is 1.91. The molecule has 1 nitrogen and oxygen atoms in total. The van der Waals surface area contributed by atoms with Crippen LogP contribution in [-0.4, -0.2) is 15.5 Å². The number of hydrogen-bond acceptors (Lipinski definition) is 4. The number of thiocarbonyl (C=S) groups is 1. The molecule has 0 rings (SSSR count). The molecule has 0 radical (unpaired) electrons. The summed E-state index contributed by atoms with van der Waals surface area (Å²) >= 11 is 7.71. The topological polar surface area (TPSA) is 23.8 Å². The number of hydrogen-bond donors (Lipinski definition) is 0. The van der Waals surface area contributed by atoms with Gasteiger partial charge in [-0.05, 0) is 6.26 Å². The average molecular weight is 163 g/mol. The van der Waals surface area contributed by atoms with Crippen LogP contribution in [0.5, 0.6) is 0 Å². The quantitative estimate of drug-likeness (QED) is 0.551. The second-order valence-corrected chi connectivity index (χ2v) is 3.89. The first-order valence-electron chi connectivity index (χ1n) is 1.89. The Kier molecular flexibility index (Phi) is 5.61. The molecule has 0 aliphatic carbocycles. The molecule has 0 heterocycles. The van der Waals surface area contributed by atoms with Crippen molar-refractivity contribution in [1.29, 1.82) is 5.26 Å². The molecule has 0 saturated heterocycles. The van der Waals surface area contributed by atoms with E-state index in [4.69, 9.17) is 17.5 Å². The number of nitrogens with zero attached hydrogens (tertiary/aromatic N) is 1. The Morgan fingerprint density at radius 2 is 2.50 bits per heavy atom. The summed E-state index contributed by atoms with van der Waals surface area (Å²) in [5, 5.41) is 8.07. The van der Waals surface area contributed by atoms with Crippen LogP contribution < -0.4 is 0 Å². The zero-order valence-electron chi connectivity index (χ0n) is 4.38. The van der Waals surface area contributed by atoms with Crippen molar-refractivity contribution >= 4 is 39.3 Å². The molecule has 0 aliphatic rings. The van der Waals surface area contributed by atoms with Gasteiger partial charge in [-0.25, -0.2) is 0 Å². The van der Waals surface area contributed by atoms with Crippen LogP contribution in [-0.2, 0) is 0 Å². The average Bonchev–Trinajstić information content (AvgIpc) is 1.83. The van der Waals surface area contributed by atoms with Gasteiger partial charge in [-0.1, -0.05) is 24.0 Å². The summed E-state index contributed by atoms with van der Waals surface area (Å²) in [4.78, 5) is 0. The van der Waals surface area contributed by atoms with E-state index in [1.165, 1.54) is 23.5 Å². The fourth-order valence-electron chi connectivity index (χ4n) is 0.150. The Morgan fingerprint density at radius 3 is 2.88 bits per heavy atom. The maximum atomic E-state index is 8.07. The zero-order chi connectivity index (χ0) is 6.41. The van der Waals surface area contributed by atoms with E-state index in [-0.39, 0.29) is 0 Å². The van der Waals surface area contributed by atoms with E-state index < -0.39 is 0 Å². The lowest BCUT2D eigenvalue weighted by Crippen LogP contribution is -1.78. The van der Waals surface area contributed by atoms with Crippen LogP contribution in [0.25, 0.3) is 0 Å². The van der Waals surface area contributed by atoms with Crippen molar-refractivity contribution in [2.45, 2.75) is 0 Å². The van der Waals surface area contributed by atoms with Crippen LogP contribution in [0.4, 0.5) is 0 Å². The lowest BCUT2D eigenvalue weighted by Gasteiger charge is -1.89. The second-order valence-electron chi connectivity index (χ2n) is 0.901. The molecule has 44 valence electrons. The molecular formula is C4H5NS3. The Hall–Kier alpha value is 0.280. The van der Waals surface area contributed by atoms with Crippen molar-refractivity contribution in [2.24, 2.45) is 0 Å². The van der Waals surface area contributed by atoms with Crippen molar-refractivity contribution in [3.63, 3.8) is 0 Å². The summed E-state index contributed by atoms with van der Waals surface area (Å²) in [5.41, 5.74) is 0. The molecule has 0 atom stereocenters. The molecule has 0 bridgehead atoms. The molecule has 0 saturated carbocycles. The molecule has 4 heteroatoms. The van der Waals surface area contributed by atoms with Crippen molar-refractivity contribution in [3.05, 3.63) is 0 Å². The second kappa shape index (κ2) is 5.42. The predicted molar refractivity (Wildman–Crippen MR) is 44.2 cm³/mol. The van der Waals surface area contributed by atoms with Gasteiger partial charge in [-0.2, -0.15) is 5.26 Å². The molecule has 8 heavy (non-hydrogen) atoms. The molecule has 0 aromatic heterocycles. The Bertz CT molecular complexity index is 115. The van der Waals surface area contributed by atoms with Crippen LogP contribution in [0.2, 0.25) is 0 Å². The van der Waals surface area contributed by atoms with Crippen LogP contribution in [0, 0.1) is 11.3 Å². The van der Waals surface area contributed by atoms with E-state index in [0.717, 1.165) is 3.53 Å². The normalized spacial score (nSPS) is 8.00. The van der Waals surface area contributed by atoms with Gasteiger partial charge >= 0.3 is 0 Å². The largest absolute Gasteiger partial charge is 0.197 e. The molecule has 0 amide bonds. The van der Waals surface area contributed by atoms with Crippen LogP contribution in [0.3, 0.4) is 0 Å². The summed E-state index contributed by atoms with van der Waals surface area (Å²) in [6.45, 7) is 0. The standard InChI is InChI=1S/C4H5NS3/c1-7-4(6)8-3-2-5/h3H2,1H3. The Labute approximate surface area is 62.8 Å². The third-order valence-electron chi connectivity index (χ3n) is 0.421. The maximum Gasteiger partial charge on any atom is 0.104 e. The highest BCUT2D eigenvalue weighted by atomic mass is 32.2. The predicted octanol–water partition coefficient (Wildman–Crippen LogP) is 1.89. The molecule has 0 fully saturated rings. The first-order chi connectivity index (χ1) is 3.81. The lowest BCUT2D eigenvalue weighted by molar-refractivity contribution is 1.50. The van der Waals surface area contributed by atoms with E-state index in [0.29, 0.717) is 5.75 Å². The van der Waals surface area contributed by atoms with Gasteiger partial charge in [0.05, 0.1) is 11.8 Å². The first-order valence-corrected chi connectivity index (χ1v) is 4.51. The molecule has 0 aromatic carbocycles. The van der Waals surface area contributed by atoms with Gasteiger partial charge < -0.3 is 0 Å². The monoisotopic (exact) mass is 163 g/mol. The number of thioether (sulfide) groups is 2. The van der Waals surface area contributed by atoms with E-state index in [2.05, 4.69) is 0 Å². The van der Waals surface area contributed by atoms with Crippen molar-refractivity contribution in [1.82, 2.24) is 0 Å². The third kappa shape index (κ3) is 4.44. The molecular weight excluding hydrogens is 158 g/mol. The Balaban J connectivity index is 3.15. The van der Waals surface area contributed by atoms with Crippen LogP contribution in [0.15, 0.2) is 0 Å². The summed E-state index contributed by atoms with van der Waals surface area (Å²) in [6, 6.07) is 2.00. The van der Waals surface area contributed by atoms with Gasteiger partial charge in [-0.3, -0.25) is 0 Å². The zero-order valence-corrected chi connectivity index (χ0v) is 6.83. The van der Waals surface area contributed by atoms with Crippen LogP contribution in [0.1, 0.15) is 0 Å². The van der Waals surface area contributed by atoms with Gasteiger partial charge in [0.15, 0.2) is 0 Å². The maximum absolute atomic E-state index is 8.07. The Morgan fingerprint density at radius 1 is 1.88 bits per heavy atom. The minimum absolute atomic E-state index is 0.472. The molecule has 0 aromatic rings. The van der Waals surface area contributed by atoms with Gasteiger partial charge in [0, 0.05) is 0 Å². The first kappa shape index (κ1) is 8.28. The van der Waals surface area contributed by atoms with E-state index in [9.17, 15) is 0 Å². The van der Waals surface area contributed by atoms with Crippen LogP contribution >= 0.6 is 35.7 Å². The summed E-state index contributed by atoms with van der Waals surface area (Å²) < 4.78 is 0.839. The van der Waals surface area contributed by atoms with Crippen molar-refractivity contribution in [2.75, 3.05) is 12.0 Å². The fraction of sp³-hybridized carbons (Fsp3) is 0.500. The van der Waals surface area contributed by atoms with Gasteiger partial charge in [-0.15, -0.1) is 11.8 Å². The summed E-state index contributed by atoms with van der Waals surface area (Å²) in [5.74, 6) is 0.472. The van der Waals surface area contributed by atoms with Gasteiger partial charge in [0.2, 0.25) is 0 Å². The van der Waals surface area contributed by atoms with E-state index in [1.54, 1.807) is 0 Å². The minimum atomic E-state index is 0.472. The molecule has 0 unspecified atom stereocenters. The highest BCUT2D eigenvalue weighted by molar-refractivity contribution is 8.47. The smallest absolute Gasteiger partial charge is 0.104 e. The van der Waals surface area contributed by atoms with E-state index in [1.807, 2.05) is 12.3 Å². The fourth-order valence-corrected chi connectivity index (χ4v) is 1.16. The number of rotatable bonds is 1. The molecule has 0 aliphatic heterocycles. The van der Waals surface area contributed by atoms with Crippen molar-refractivity contribution < 1.29 is 0 Å². The van der Waals surface area contributed by atoms with Crippen molar-refractivity contribution in [3.8, 4) is 6.07 Å². The lowest BCUT2D eigenvalue weighted by atomic mass is 10.9. The summed E-state index contributed by atoms with van der Waals surface area (Å²) in [7, 11) is 0. The highest BCUT2D eigenvalue weighted by Crippen LogP contribution is 2.12. The third-order valence-corrected chi connectivity index (χ3v) is 2.97. The van der Waals surface area contributed by atoms with Gasteiger partial charge in [0.1, 0.15) is 3.53 Å². The molecule has 0 spiro atoms. The SMILES string of the molecule is CSC(=S)SCC#N.